The molecular weight excluding hydrogens is 462 g/mol. The van der Waals surface area contributed by atoms with Gasteiger partial charge >= 0.3 is 0 Å². The van der Waals surface area contributed by atoms with Gasteiger partial charge in [-0.25, -0.2) is 9.97 Å². The molecule has 0 radical (unpaired) electrons. The standard InChI is InChI=1S/C29H37N7O/c1-35-15-11-21(12-16-35)19-36-17-13-23(14-18-36)34-29-26(28(31)32-20-33-29)27(30)22-7-9-25(10-8-22)37-24-5-3-2-4-6-24/h2-10,20-21,23,30H,11-19H2,1H3,(H3,31,32,33,34). The molecule has 2 saturated heterocycles. The number of ether oxygens (including phenoxy) is 1. The van der Waals surface area contributed by atoms with E-state index in [1.165, 1.54) is 38.8 Å². The third kappa shape index (κ3) is 6.45. The molecule has 0 atom stereocenters. The number of hydrogen-bond donors (Lipinski definition) is 3. The highest BCUT2D eigenvalue weighted by molar-refractivity contribution is 6.16. The fraction of sp³-hybridized carbons (Fsp3) is 0.414. The molecule has 2 aromatic carbocycles. The first kappa shape index (κ1) is 25.2. The summed E-state index contributed by atoms with van der Waals surface area (Å²) in [5, 5.41) is 12.5. The molecule has 4 N–H and O–H groups in total. The topological polar surface area (TPSA) is 103 Å². The lowest BCUT2D eigenvalue weighted by Gasteiger charge is -2.37. The Morgan fingerprint density at radius 2 is 1.62 bits per heavy atom. The minimum Gasteiger partial charge on any atom is -0.457 e. The van der Waals surface area contributed by atoms with E-state index in [4.69, 9.17) is 15.9 Å². The second kappa shape index (κ2) is 11.7. The quantitative estimate of drug-likeness (QED) is 0.393. The van der Waals surface area contributed by atoms with Crippen molar-refractivity contribution >= 4 is 17.3 Å². The van der Waals surface area contributed by atoms with Crippen molar-refractivity contribution in [2.24, 2.45) is 5.92 Å². The van der Waals surface area contributed by atoms with Crippen molar-refractivity contribution in [2.75, 3.05) is 50.8 Å². The highest BCUT2D eigenvalue weighted by Crippen LogP contribution is 2.27. The Balaban J connectivity index is 1.20. The summed E-state index contributed by atoms with van der Waals surface area (Å²) >= 11 is 0. The van der Waals surface area contributed by atoms with Crippen LogP contribution in [-0.2, 0) is 0 Å². The van der Waals surface area contributed by atoms with E-state index in [2.05, 4.69) is 32.1 Å². The Morgan fingerprint density at radius 1 is 0.946 bits per heavy atom. The highest BCUT2D eigenvalue weighted by Gasteiger charge is 2.25. The minimum atomic E-state index is 0.298. The number of para-hydroxylation sites is 1. The van der Waals surface area contributed by atoms with E-state index in [1.807, 2.05) is 54.6 Å². The van der Waals surface area contributed by atoms with Crippen LogP contribution in [0.25, 0.3) is 0 Å². The molecule has 0 saturated carbocycles. The molecule has 3 aromatic rings. The van der Waals surface area contributed by atoms with Gasteiger partial charge in [0.15, 0.2) is 0 Å². The van der Waals surface area contributed by atoms with E-state index < -0.39 is 0 Å². The lowest BCUT2D eigenvalue weighted by Crippen LogP contribution is -2.43. The number of benzene rings is 2. The van der Waals surface area contributed by atoms with E-state index >= 15 is 0 Å². The summed E-state index contributed by atoms with van der Waals surface area (Å²) in [5.41, 5.74) is 7.85. The number of aromatic nitrogens is 2. The lowest BCUT2D eigenvalue weighted by atomic mass is 9.95. The zero-order valence-electron chi connectivity index (χ0n) is 21.6. The minimum absolute atomic E-state index is 0.298. The van der Waals surface area contributed by atoms with Crippen molar-refractivity contribution in [2.45, 2.75) is 31.7 Å². The number of hydrogen-bond acceptors (Lipinski definition) is 8. The van der Waals surface area contributed by atoms with Gasteiger partial charge in [-0.1, -0.05) is 18.2 Å². The van der Waals surface area contributed by atoms with Crippen molar-refractivity contribution in [1.82, 2.24) is 19.8 Å². The molecule has 5 rings (SSSR count). The summed E-state index contributed by atoms with van der Waals surface area (Å²) in [4.78, 5) is 13.7. The molecule has 3 heterocycles. The first-order valence-corrected chi connectivity index (χ1v) is 13.3. The van der Waals surface area contributed by atoms with Crippen LogP contribution in [0.5, 0.6) is 11.5 Å². The van der Waals surface area contributed by atoms with Gasteiger partial charge in [0.2, 0.25) is 0 Å². The van der Waals surface area contributed by atoms with Gasteiger partial charge in [-0.05, 0) is 88.1 Å². The zero-order chi connectivity index (χ0) is 25.6. The molecule has 0 unspecified atom stereocenters. The maximum absolute atomic E-state index is 8.90. The first-order chi connectivity index (χ1) is 18.0. The van der Waals surface area contributed by atoms with Crippen LogP contribution in [0.1, 0.15) is 36.8 Å². The van der Waals surface area contributed by atoms with Crippen LogP contribution in [0.2, 0.25) is 0 Å². The molecule has 0 aliphatic carbocycles. The summed E-state index contributed by atoms with van der Waals surface area (Å²) in [6.07, 6.45) is 6.18. The average molecular weight is 500 g/mol. The monoisotopic (exact) mass is 499 g/mol. The first-order valence-electron chi connectivity index (χ1n) is 13.3. The largest absolute Gasteiger partial charge is 0.457 e. The molecule has 0 bridgehead atoms. The van der Waals surface area contributed by atoms with Gasteiger partial charge in [-0.2, -0.15) is 0 Å². The molecule has 8 heteroatoms. The average Bonchev–Trinajstić information content (AvgIpc) is 2.92. The van der Waals surface area contributed by atoms with Crippen molar-refractivity contribution < 1.29 is 4.74 Å². The summed E-state index contributed by atoms with van der Waals surface area (Å²) in [5.74, 6) is 3.25. The number of nitrogen functional groups attached to an aromatic ring is 1. The molecule has 2 aliphatic heterocycles. The normalized spacial score (nSPS) is 18.0. The zero-order valence-corrected chi connectivity index (χ0v) is 21.6. The SMILES string of the molecule is CN1CCC(CN2CCC(Nc3ncnc(N)c3C(=N)c3ccc(Oc4ccccc4)cc3)CC2)CC1. The van der Waals surface area contributed by atoms with Crippen LogP contribution >= 0.6 is 0 Å². The van der Waals surface area contributed by atoms with Crippen LogP contribution < -0.4 is 15.8 Å². The number of likely N-dealkylation sites (tertiary alicyclic amines) is 2. The number of nitrogens with one attached hydrogen (secondary N) is 2. The number of rotatable bonds is 8. The fourth-order valence-electron chi connectivity index (χ4n) is 5.28. The lowest BCUT2D eigenvalue weighted by molar-refractivity contribution is 0.141. The van der Waals surface area contributed by atoms with Gasteiger partial charge in [0.25, 0.3) is 0 Å². The molecule has 1 aromatic heterocycles. The van der Waals surface area contributed by atoms with Gasteiger partial charge in [0.1, 0.15) is 29.5 Å². The highest BCUT2D eigenvalue weighted by atomic mass is 16.5. The molecule has 8 nitrogen and oxygen atoms in total. The predicted molar refractivity (Wildman–Crippen MR) is 149 cm³/mol. The Hall–Kier alpha value is -3.49. The number of anilines is 2. The predicted octanol–water partition coefficient (Wildman–Crippen LogP) is 4.49. The van der Waals surface area contributed by atoms with E-state index in [0.717, 1.165) is 43.2 Å². The Morgan fingerprint density at radius 3 is 2.32 bits per heavy atom. The van der Waals surface area contributed by atoms with Gasteiger partial charge in [-0.3, -0.25) is 5.41 Å². The van der Waals surface area contributed by atoms with E-state index in [1.54, 1.807) is 0 Å². The molecule has 2 aliphatic rings. The van der Waals surface area contributed by atoms with Crippen LogP contribution in [0.4, 0.5) is 11.6 Å². The Labute approximate surface area is 219 Å². The summed E-state index contributed by atoms with van der Waals surface area (Å²) < 4.78 is 5.89. The smallest absolute Gasteiger partial charge is 0.141 e. The maximum atomic E-state index is 8.90. The van der Waals surface area contributed by atoms with Crippen molar-refractivity contribution in [3.63, 3.8) is 0 Å². The van der Waals surface area contributed by atoms with E-state index in [9.17, 15) is 0 Å². The van der Waals surface area contributed by atoms with Crippen molar-refractivity contribution in [3.8, 4) is 11.5 Å². The van der Waals surface area contributed by atoms with E-state index in [0.29, 0.717) is 34.7 Å². The van der Waals surface area contributed by atoms with Crippen LogP contribution in [0.15, 0.2) is 60.9 Å². The van der Waals surface area contributed by atoms with Crippen LogP contribution in [0.3, 0.4) is 0 Å². The van der Waals surface area contributed by atoms with Gasteiger partial charge in [0.05, 0.1) is 11.3 Å². The Kier molecular flexibility index (Phi) is 7.96. The molecule has 37 heavy (non-hydrogen) atoms. The molecule has 0 amide bonds. The third-order valence-corrected chi connectivity index (χ3v) is 7.53. The summed E-state index contributed by atoms with van der Waals surface area (Å²) in [6, 6.07) is 17.4. The fourth-order valence-corrected chi connectivity index (χ4v) is 5.28. The second-order valence-corrected chi connectivity index (χ2v) is 10.3. The van der Waals surface area contributed by atoms with Gasteiger partial charge in [-0.15, -0.1) is 0 Å². The van der Waals surface area contributed by atoms with Gasteiger partial charge < -0.3 is 25.6 Å². The molecular formula is C29H37N7O. The molecule has 2 fully saturated rings. The second-order valence-electron chi connectivity index (χ2n) is 10.3. The third-order valence-electron chi connectivity index (χ3n) is 7.53. The Bertz CT molecular complexity index is 1170. The van der Waals surface area contributed by atoms with Crippen LogP contribution in [0, 0.1) is 11.3 Å². The number of nitrogens with two attached hydrogens (primary N) is 1. The van der Waals surface area contributed by atoms with Crippen LogP contribution in [-0.4, -0.2) is 71.3 Å². The van der Waals surface area contributed by atoms with E-state index in [-0.39, 0.29) is 0 Å². The van der Waals surface area contributed by atoms with Gasteiger partial charge in [0, 0.05) is 31.2 Å². The van der Waals surface area contributed by atoms with Crippen molar-refractivity contribution in [1.29, 1.82) is 5.41 Å². The molecule has 0 spiro atoms. The number of piperidine rings is 2. The number of nitrogens with zero attached hydrogens (tertiary/aromatic N) is 4. The molecule has 194 valence electrons. The summed E-state index contributed by atoms with van der Waals surface area (Å²) in [6.45, 7) is 5.81. The summed E-state index contributed by atoms with van der Waals surface area (Å²) in [7, 11) is 2.22. The maximum Gasteiger partial charge on any atom is 0.141 e. The van der Waals surface area contributed by atoms with Crippen molar-refractivity contribution in [3.05, 3.63) is 72.1 Å².